The number of nitrogen functional groups attached to an aromatic ring is 2. The average molecular weight is 441 g/mol. The van der Waals surface area contributed by atoms with Crippen molar-refractivity contribution >= 4 is 46.5 Å². The summed E-state index contributed by atoms with van der Waals surface area (Å²) in [6, 6.07) is 4.88. The van der Waals surface area contributed by atoms with E-state index in [4.69, 9.17) is 21.7 Å². The summed E-state index contributed by atoms with van der Waals surface area (Å²) in [6.07, 6.45) is -0.602. The van der Waals surface area contributed by atoms with Crippen LogP contribution in [0.25, 0.3) is 11.2 Å². The number of nitrogens with zero attached hydrogens (tertiary/aromatic N) is 5. The van der Waals surface area contributed by atoms with Crippen LogP contribution in [0.3, 0.4) is 0 Å². The molecule has 0 saturated carbocycles. The molecule has 2 aromatic heterocycles. The van der Waals surface area contributed by atoms with Crippen LogP contribution in [0.2, 0.25) is 0 Å². The number of carboxylic acid groups (broad SMARTS) is 2. The van der Waals surface area contributed by atoms with Gasteiger partial charge in [0.25, 0.3) is 5.91 Å². The van der Waals surface area contributed by atoms with Gasteiger partial charge in [-0.3, -0.25) is 9.59 Å². The van der Waals surface area contributed by atoms with E-state index in [1.165, 1.54) is 12.1 Å². The highest BCUT2D eigenvalue weighted by molar-refractivity contribution is 5.97. The number of rotatable bonds is 9. The monoisotopic (exact) mass is 441 g/mol. The maximum atomic E-state index is 12.3. The van der Waals surface area contributed by atoms with Crippen molar-refractivity contribution < 1.29 is 24.6 Å². The molecule has 14 nitrogen and oxygen atoms in total. The first-order valence-corrected chi connectivity index (χ1v) is 9.24. The third-order valence-electron chi connectivity index (χ3n) is 4.26. The number of hydrogen-bond donors (Lipinski definition) is 6. The van der Waals surface area contributed by atoms with Gasteiger partial charge in [-0.1, -0.05) is 0 Å². The van der Waals surface area contributed by atoms with Gasteiger partial charge in [-0.15, -0.1) is 10.2 Å². The fraction of sp³-hybridized carbons (Fsp3) is 0.222. The predicted octanol–water partition coefficient (Wildman–Crippen LogP) is -0.361. The van der Waals surface area contributed by atoms with Gasteiger partial charge in [0.05, 0.1) is 6.54 Å². The molecule has 166 valence electrons. The molecule has 1 unspecified atom stereocenters. The molecular formula is C18H19N9O5. The molecule has 8 N–H and O–H groups in total. The molecule has 0 aliphatic carbocycles. The zero-order chi connectivity index (χ0) is 23.3. The van der Waals surface area contributed by atoms with Crippen LogP contribution in [0, 0.1) is 0 Å². The lowest BCUT2D eigenvalue weighted by Crippen LogP contribution is -2.41. The molecule has 0 aliphatic rings. The molecule has 32 heavy (non-hydrogen) atoms. The van der Waals surface area contributed by atoms with Gasteiger partial charge >= 0.3 is 11.9 Å². The van der Waals surface area contributed by atoms with Crippen molar-refractivity contribution in [1.29, 1.82) is 0 Å². The Hall–Kier alpha value is -4.62. The second-order valence-electron chi connectivity index (χ2n) is 6.59. The number of carboxylic acids is 2. The van der Waals surface area contributed by atoms with Crippen molar-refractivity contribution in [3.63, 3.8) is 0 Å². The summed E-state index contributed by atoms with van der Waals surface area (Å²) in [4.78, 5) is 46.1. The second kappa shape index (κ2) is 9.46. The van der Waals surface area contributed by atoms with Gasteiger partial charge in [0, 0.05) is 17.7 Å². The van der Waals surface area contributed by atoms with Gasteiger partial charge < -0.3 is 32.3 Å². The Bertz CT molecular complexity index is 1170. The zero-order valence-electron chi connectivity index (χ0n) is 16.5. The molecule has 0 fully saturated rings. The molecule has 1 atom stereocenters. The summed E-state index contributed by atoms with van der Waals surface area (Å²) in [7, 11) is 0. The van der Waals surface area contributed by atoms with Gasteiger partial charge in [0.2, 0.25) is 11.6 Å². The molecule has 2 heterocycles. The maximum Gasteiger partial charge on any atom is 0.326 e. The van der Waals surface area contributed by atoms with Crippen LogP contribution in [-0.2, 0) is 16.1 Å². The Morgan fingerprint density at radius 2 is 1.72 bits per heavy atom. The van der Waals surface area contributed by atoms with Crippen LogP contribution in [0.15, 0.2) is 24.3 Å². The van der Waals surface area contributed by atoms with Crippen molar-refractivity contribution in [2.24, 2.45) is 0 Å². The summed E-state index contributed by atoms with van der Waals surface area (Å²) in [5.74, 6) is -2.71. The van der Waals surface area contributed by atoms with Crippen molar-refractivity contribution in [2.75, 3.05) is 16.8 Å². The first kappa shape index (κ1) is 22.1. The first-order chi connectivity index (χ1) is 15.2. The third kappa shape index (κ3) is 5.50. The molecule has 1 aromatic carbocycles. The quantitative estimate of drug-likeness (QED) is 0.249. The summed E-state index contributed by atoms with van der Waals surface area (Å²) >= 11 is 0. The second-order valence-corrected chi connectivity index (χ2v) is 6.59. The molecule has 0 bridgehead atoms. The Balaban J connectivity index is 1.62. The van der Waals surface area contributed by atoms with E-state index >= 15 is 0 Å². The fourth-order valence-electron chi connectivity index (χ4n) is 2.67. The van der Waals surface area contributed by atoms with E-state index in [0.29, 0.717) is 11.5 Å². The lowest BCUT2D eigenvalue weighted by atomic mass is 10.1. The van der Waals surface area contributed by atoms with E-state index in [2.05, 4.69) is 35.8 Å². The van der Waals surface area contributed by atoms with E-state index in [0.717, 1.165) is 0 Å². The van der Waals surface area contributed by atoms with E-state index < -0.39 is 23.9 Å². The number of benzene rings is 1. The van der Waals surface area contributed by atoms with Crippen molar-refractivity contribution in [1.82, 2.24) is 30.5 Å². The number of carbonyl (C=O) groups is 3. The molecule has 0 saturated heterocycles. The zero-order valence-corrected chi connectivity index (χ0v) is 16.5. The lowest BCUT2D eigenvalue weighted by Gasteiger charge is -2.14. The summed E-state index contributed by atoms with van der Waals surface area (Å²) in [5.41, 5.74) is 12.6. The minimum absolute atomic E-state index is 0.0299. The van der Waals surface area contributed by atoms with E-state index in [1.807, 2.05) is 0 Å². The predicted molar refractivity (Wildman–Crippen MR) is 111 cm³/mol. The molecule has 0 radical (unpaired) electrons. The van der Waals surface area contributed by atoms with Crippen LogP contribution < -0.4 is 22.1 Å². The SMILES string of the molecule is Nc1nc(N)c2nc(CNc3ccc(C(=O)NC(CCC(=O)O)C(=O)O)cc3)nnc2n1. The Kier molecular flexibility index (Phi) is 6.53. The number of aliphatic carboxylic acids is 2. The summed E-state index contributed by atoms with van der Waals surface area (Å²) in [6.45, 7) is 0.189. The summed E-state index contributed by atoms with van der Waals surface area (Å²) < 4.78 is 0. The third-order valence-corrected chi connectivity index (χ3v) is 4.26. The van der Waals surface area contributed by atoms with Crippen LogP contribution in [0.1, 0.15) is 29.0 Å². The highest BCUT2D eigenvalue weighted by atomic mass is 16.4. The molecule has 0 spiro atoms. The topological polar surface area (TPSA) is 232 Å². The van der Waals surface area contributed by atoms with Crippen LogP contribution in [0.5, 0.6) is 0 Å². The van der Waals surface area contributed by atoms with Gasteiger partial charge in [0.1, 0.15) is 6.04 Å². The number of anilines is 3. The molecule has 3 rings (SSSR count). The van der Waals surface area contributed by atoms with Crippen LogP contribution in [-0.4, -0.2) is 59.2 Å². The number of hydrogen-bond acceptors (Lipinski definition) is 11. The Morgan fingerprint density at radius 1 is 1.00 bits per heavy atom. The van der Waals surface area contributed by atoms with Crippen LogP contribution in [0.4, 0.5) is 17.5 Å². The average Bonchev–Trinajstić information content (AvgIpc) is 2.75. The van der Waals surface area contributed by atoms with Gasteiger partial charge in [-0.25, -0.2) is 9.78 Å². The number of carbonyl (C=O) groups excluding carboxylic acids is 1. The molecule has 1 amide bonds. The van der Waals surface area contributed by atoms with E-state index in [9.17, 15) is 14.4 Å². The van der Waals surface area contributed by atoms with Crippen molar-refractivity contribution in [3.05, 3.63) is 35.7 Å². The van der Waals surface area contributed by atoms with Crippen molar-refractivity contribution in [2.45, 2.75) is 25.4 Å². The standard InChI is InChI=1S/C18H19N9O5/c19-14-13-15(25-18(20)24-14)27-26-11(23-13)7-21-9-3-1-8(2-4-9)16(30)22-10(17(31)32)5-6-12(28)29/h1-4,10,21H,5-7H2,(H,22,30)(H,28,29)(H,31,32)(H4,19,20,24,25,27). The lowest BCUT2D eigenvalue weighted by molar-refractivity contribution is -0.140. The highest BCUT2D eigenvalue weighted by Gasteiger charge is 2.21. The Morgan fingerprint density at radius 3 is 2.38 bits per heavy atom. The largest absolute Gasteiger partial charge is 0.481 e. The fourth-order valence-corrected chi connectivity index (χ4v) is 2.67. The smallest absolute Gasteiger partial charge is 0.326 e. The number of amides is 1. The molecular weight excluding hydrogens is 422 g/mol. The molecule has 0 aliphatic heterocycles. The normalized spacial score (nSPS) is 11.6. The van der Waals surface area contributed by atoms with E-state index in [1.54, 1.807) is 12.1 Å². The number of nitrogens with two attached hydrogens (primary N) is 2. The molecule has 3 aromatic rings. The van der Waals surface area contributed by atoms with Gasteiger partial charge in [0.15, 0.2) is 17.2 Å². The number of nitrogens with one attached hydrogen (secondary N) is 2. The van der Waals surface area contributed by atoms with Gasteiger partial charge in [-0.2, -0.15) is 9.97 Å². The van der Waals surface area contributed by atoms with Crippen LogP contribution >= 0.6 is 0 Å². The first-order valence-electron chi connectivity index (χ1n) is 9.24. The Labute approximate surface area is 180 Å². The minimum atomic E-state index is -1.31. The van der Waals surface area contributed by atoms with E-state index in [-0.39, 0.29) is 47.9 Å². The highest BCUT2D eigenvalue weighted by Crippen LogP contribution is 2.15. The molecule has 14 heteroatoms. The van der Waals surface area contributed by atoms with Gasteiger partial charge in [-0.05, 0) is 30.7 Å². The number of aromatic nitrogens is 5. The van der Waals surface area contributed by atoms with Crippen molar-refractivity contribution in [3.8, 4) is 0 Å². The summed E-state index contributed by atoms with van der Waals surface area (Å²) in [5, 5.41) is 31.1. The number of fused-ring (bicyclic) bond motifs is 1. The maximum absolute atomic E-state index is 12.3. The minimum Gasteiger partial charge on any atom is -0.481 e.